The van der Waals surface area contributed by atoms with Gasteiger partial charge in [0.1, 0.15) is 11.9 Å². The lowest BCUT2D eigenvalue weighted by Gasteiger charge is -2.48. The van der Waals surface area contributed by atoms with Gasteiger partial charge in [0.05, 0.1) is 28.5 Å². The Morgan fingerprint density at radius 3 is 2.47 bits per heavy atom. The van der Waals surface area contributed by atoms with Crippen molar-refractivity contribution in [1.82, 2.24) is 5.43 Å². The molecule has 0 aliphatic carbocycles. The summed E-state index contributed by atoms with van der Waals surface area (Å²) < 4.78 is 12.9. The molecule has 0 radical (unpaired) electrons. The van der Waals surface area contributed by atoms with Crippen molar-refractivity contribution >= 4 is 5.71 Å². The van der Waals surface area contributed by atoms with E-state index in [9.17, 15) is 5.26 Å². The van der Waals surface area contributed by atoms with Crippen LogP contribution in [0.25, 0.3) is 11.1 Å². The van der Waals surface area contributed by atoms with Crippen LogP contribution >= 0.6 is 0 Å². The van der Waals surface area contributed by atoms with Crippen molar-refractivity contribution in [3.05, 3.63) is 53.6 Å². The van der Waals surface area contributed by atoms with Crippen LogP contribution in [0.3, 0.4) is 0 Å². The van der Waals surface area contributed by atoms with Crippen LogP contribution in [-0.4, -0.2) is 29.6 Å². The van der Waals surface area contributed by atoms with Gasteiger partial charge in [-0.15, -0.1) is 0 Å². The normalized spacial score (nSPS) is 23.1. The van der Waals surface area contributed by atoms with Gasteiger partial charge in [-0.25, -0.2) is 0 Å². The maximum Gasteiger partial charge on any atom is 0.128 e. The molecule has 0 aromatic heterocycles. The number of nitrogens with zero attached hydrogens (tertiary/aromatic N) is 2. The molecule has 1 unspecified atom stereocenters. The van der Waals surface area contributed by atoms with Crippen LogP contribution in [0.1, 0.15) is 65.0 Å². The van der Waals surface area contributed by atoms with E-state index in [-0.39, 0.29) is 17.3 Å². The minimum atomic E-state index is -0.176. The molecule has 5 heteroatoms. The van der Waals surface area contributed by atoms with Crippen LogP contribution in [0, 0.1) is 17.2 Å². The van der Waals surface area contributed by atoms with Gasteiger partial charge in [-0.1, -0.05) is 18.2 Å². The summed E-state index contributed by atoms with van der Waals surface area (Å²) in [6.45, 7) is 11.5. The van der Waals surface area contributed by atoms with E-state index >= 15 is 0 Å². The van der Waals surface area contributed by atoms with E-state index in [1.165, 1.54) is 0 Å². The summed E-state index contributed by atoms with van der Waals surface area (Å²) in [5.41, 5.74) is 7.58. The molecular weight excluding hydrogens is 398 g/mol. The Kier molecular flexibility index (Phi) is 6.01. The first-order chi connectivity index (χ1) is 15.2. The van der Waals surface area contributed by atoms with E-state index in [0.29, 0.717) is 11.5 Å². The van der Waals surface area contributed by atoms with Gasteiger partial charge in [-0.3, -0.25) is 0 Å². The Bertz CT molecular complexity index is 1050. The number of nitrogens with one attached hydrogen (secondary N) is 1. The smallest absolute Gasteiger partial charge is 0.128 e. The highest BCUT2D eigenvalue weighted by Gasteiger charge is 2.44. The molecule has 0 bridgehead atoms. The second kappa shape index (κ2) is 8.60. The standard InChI is InChI=1S/C27H33N3O2/c1-6-29-30-23-14-25(21-15-26(2,3)32-27(4,5)16-21)31-24-11-10-20(13-22(23)24)19-9-7-8-18(12-19)17-28/h7-13,21,25,29H,6,14-16H2,1-5H3. The Morgan fingerprint density at radius 1 is 1.06 bits per heavy atom. The number of hydrogen-bond donors (Lipinski definition) is 1. The van der Waals surface area contributed by atoms with Gasteiger partial charge in [0.2, 0.25) is 0 Å². The van der Waals surface area contributed by atoms with Crippen molar-refractivity contribution in [2.75, 3.05) is 6.54 Å². The zero-order chi connectivity index (χ0) is 22.9. The molecule has 2 heterocycles. The summed E-state index contributed by atoms with van der Waals surface area (Å²) in [5, 5.41) is 14.0. The zero-order valence-electron chi connectivity index (χ0n) is 19.7. The first-order valence-corrected chi connectivity index (χ1v) is 11.5. The van der Waals surface area contributed by atoms with E-state index < -0.39 is 0 Å². The molecule has 1 fully saturated rings. The molecule has 0 spiro atoms. The van der Waals surface area contributed by atoms with Gasteiger partial charge in [-0.2, -0.15) is 10.4 Å². The van der Waals surface area contributed by atoms with Crippen molar-refractivity contribution in [1.29, 1.82) is 5.26 Å². The zero-order valence-corrected chi connectivity index (χ0v) is 19.7. The average Bonchev–Trinajstić information content (AvgIpc) is 2.74. The van der Waals surface area contributed by atoms with Gasteiger partial charge < -0.3 is 14.9 Å². The van der Waals surface area contributed by atoms with Crippen LogP contribution in [0.15, 0.2) is 47.6 Å². The first-order valence-electron chi connectivity index (χ1n) is 11.5. The van der Waals surface area contributed by atoms with Crippen LogP contribution in [-0.2, 0) is 4.74 Å². The fourth-order valence-corrected chi connectivity index (χ4v) is 5.28. The highest BCUT2D eigenvalue weighted by molar-refractivity contribution is 6.04. The lowest BCUT2D eigenvalue weighted by Crippen LogP contribution is -2.50. The molecule has 168 valence electrons. The number of hydrazone groups is 1. The Hall–Kier alpha value is -2.84. The fourth-order valence-electron chi connectivity index (χ4n) is 5.28. The van der Waals surface area contributed by atoms with Crippen molar-refractivity contribution in [3.8, 4) is 22.9 Å². The quantitative estimate of drug-likeness (QED) is 0.633. The molecule has 2 aliphatic heterocycles. The van der Waals surface area contributed by atoms with Crippen LogP contribution in [0.4, 0.5) is 0 Å². The average molecular weight is 432 g/mol. The van der Waals surface area contributed by atoms with E-state index in [1.54, 1.807) is 0 Å². The van der Waals surface area contributed by atoms with E-state index in [2.05, 4.69) is 58.2 Å². The lowest BCUT2D eigenvalue weighted by molar-refractivity contribution is -0.183. The van der Waals surface area contributed by atoms with E-state index in [4.69, 9.17) is 14.6 Å². The number of fused-ring (bicyclic) bond motifs is 1. The minimum Gasteiger partial charge on any atom is -0.489 e. The third kappa shape index (κ3) is 4.81. The Morgan fingerprint density at radius 2 is 1.78 bits per heavy atom. The predicted molar refractivity (Wildman–Crippen MR) is 128 cm³/mol. The molecule has 1 N–H and O–H groups in total. The summed E-state index contributed by atoms with van der Waals surface area (Å²) in [4.78, 5) is 0. The first kappa shape index (κ1) is 22.4. The number of hydrogen-bond acceptors (Lipinski definition) is 5. The second-order valence-corrected chi connectivity index (χ2v) is 10.1. The summed E-state index contributed by atoms with van der Waals surface area (Å²) in [7, 11) is 0. The van der Waals surface area contributed by atoms with Gasteiger partial charge in [0, 0.05) is 24.4 Å². The molecular formula is C27H33N3O2. The Labute approximate surface area is 191 Å². The number of ether oxygens (including phenoxy) is 2. The maximum atomic E-state index is 9.26. The molecule has 2 aromatic rings. The highest BCUT2D eigenvalue weighted by atomic mass is 16.5. The molecule has 4 rings (SSSR count). The topological polar surface area (TPSA) is 66.6 Å². The van der Waals surface area contributed by atoms with E-state index in [1.807, 2.05) is 30.3 Å². The molecule has 32 heavy (non-hydrogen) atoms. The molecule has 0 saturated carbocycles. The van der Waals surface area contributed by atoms with Crippen LogP contribution in [0.2, 0.25) is 0 Å². The number of nitriles is 1. The molecule has 0 amide bonds. The van der Waals surface area contributed by atoms with Crippen LogP contribution in [0.5, 0.6) is 5.75 Å². The second-order valence-electron chi connectivity index (χ2n) is 10.1. The summed E-state index contributed by atoms with van der Waals surface area (Å²) >= 11 is 0. The minimum absolute atomic E-state index is 0.0649. The van der Waals surface area contributed by atoms with Gasteiger partial charge >= 0.3 is 0 Å². The van der Waals surface area contributed by atoms with Gasteiger partial charge in [0.15, 0.2) is 0 Å². The van der Waals surface area contributed by atoms with Crippen molar-refractivity contribution < 1.29 is 9.47 Å². The highest BCUT2D eigenvalue weighted by Crippen LogP contribution is 2.43. The fraction of sp³-hybridized carbons (Fsp3) is 0.481. The monoisotopic (exact) mass is 431 g/mol. The van der Waals surface area contributed by atoms with Gasteiger partial charge in [0.25, 0.3) is 0 Å². The van der Waals surface area contributed by atoms with Crippen molar-refractivity contribution in [3.63, 3.8) is 0 Å². The molecule has 2 aliphatic rings. The third-order valence-electron chi connectivity index (χ3n) is 6.25. The largest absolute Gasteiger partial charge is 0.489 e. The molecule has 1 saturated heterocycles. The lowest BCUT2D eigenvalue weighted by atomic mass is 9.76. The van der Waals surface area contributed by atoms with E-state index in [0.717, 1.165) is 54.0 Å². The van der Waals surface area contributed by atoms with Crippen molar-refractivity contribution in [2.24, 2.45) is 11.0 Å². The molecule has 2 aromatic carbocycles. The SMILES string of the molecule is CCNN=C1CC(C2CC(C)(C)OC(C)(C)C2)Oc2ccc(-c3cccc(C#N)c3)cc21. The summed E-state index contributed by atoms with van der Waals surface area (Å²) in [5.74, 6) is 1.26. The molecule has 1 atom stereocenters. The Balaban J connectivity index is 1.68. The number of rotatable bonds is 4. The summed E-state index contributed by atoms with van der Waals surface area (Å²) in [6.07, 6.45) is 2.75. The third-order valence-corrected chi connectivity index (χ3v) is 6.25. The predicted octanol–water partition coefficient (Wildman–Crippen LogP) is 5.67. The molecule has 5 nitrogen and oxygen atoms in total. The summed E-state index contributed by atoms with van der Waals surface area (Å²) in [6, 6.07) is 16.2. The van der Waals surface area contributed by atoms with Crippen molar-refractivity contribution in [2.45, 2.75) is 71.2 Å². The maximum absolute atomic E-state index is 9.26. The number of benzene rings is 2. The van der Waals surface area contributed by atoms with Crippen LogP contribution < -0.4 is 10.2 Å². The van der Waals surface area contributed by atoms with Gasteiger partial charge in [-0.05, 0) is 82.9 Å².